The SMILES string of the molecule is C[C@H](NC(=O)CCCc1cccs1)[C@H]1C[C@H]2CC[C@H]1C2. The normalized spacial score (nSPS) is 29.6. The average Bonchev–Trinajstić information content (AvgIpc) is 3.15. The van der Waals surface area contributed by atoms with Gasteiger partial charge in [0.1, 0.15) is 0 Å². The van der Waals surface area contributed by atoms with Gasteiger partial charge >= 0.3 is 0 Å². The zero-order valence-electron chi connectivity index (χ0n) is 12.3. The van der Waals surface area contributed by atoms with Crippen LogP contribution in [0.3, 0.4) is 0 Å². The molecule has 3 rings (SSSR count). The van der Waals surface area contributed by atoms with Crippen LogP contribution in [0.2, 0.25) is 0 Å². The second-order valence-electron chi connectivity index (χ2n) is 6.63. The predicted molar refractivity (Wildman–Crippen MR) is 83.8 cm³/mol. The summed E-state index contributed by atoms with van der Waals surface area (Å²) in [5.74, 6) is 2.84. The number of carbonyl (C=O) groups is 1. The lowest BCUT2D eigenvalue weighted by atomic mass is 9.84. The molecule has 2 aliphatic carbocycles. The maximum atomic E-state index is 12.0. The van der Waals surface area contributed by atoms with Crippen molar-refractivity contribution in [1.82, 2.24) is 5.32 Å². The van der Waals surface area contributed by atoms with E-state index >= 15 is 0 Å². The quantitative estimate of drug-likeness (QED) is 0.843. The van der Waals surface area contributed by atoms with Crippen molar-refractivity contribution in [3.8, 4) is 0 Å². The fourth-order valence-corrected chi connectivity index (χ4v) is 4.97. The maximum absolute atomic E-state index is 12.0. The van der Waals surface area contributed by atoms with Gasteiger partial charge in [0.25, 0.3) is 0 Å². The highest BCUT2D eigenvalue weighted by molar-refractivity contribution is 7.09. The average molecular weight is 291 g/mol. The summed E-state index contributed by atoms with van der Waals surface area (Å²) < 4.78 is 0. The lowest BCUT2D eigenvalue weighted by Crippen LogP contribution is -2.40. The monoisotopic (exact) mass is 291 g/mol. The fraction of sp³-hybridized carbons (Fsp3) is 0.706. The van der Waals surface area contributed by atoms with Gasteiger partial charge in [0, 0.05) is 17.3 Å². The third-order valence-electron chi connectivity index (χ3n) is 5.23. The second-order valence-corrected chi connectivity index (χ2v) is 7.66. The van der Waals surface area contributed by atoms with Crippen molar-refractivity contribution >= 4 is 17.2 Å². The van der Waals surface area contributed by atoms with Crippen LogP contribution in [0.1, 0.15) is 50.3 Å². The predicted octanol–water partition coefficient (Wildman–Crippen LogP) is 4.01. The van der Waals surface area contributed by atoms with Gasteiger partial charge in [-0.25, -0.2) is 0 Å². The zero-order valence-corrected chi connectivity index (χ0v) is 13.1. The van der Waals surface area contributed by atoms with E-state index in [1.807, 2.05) is 0 Å². The first-order valence-corrected chi connectivity index (χ1v) is 8.92. The van der Waals surface area contributed by atoms with E-state index in [9.17, 15) is 4.79 Å². The molecular formula is C17H25NOS. The summed E-state index contributed by atoms with van der Waals surface area (Å²) in [6.07, 6.45) is 8.27. The second kappa shape index (κ2) is 6.30. The van der Waals surface area contributed by atoms with E-state index in [1.54, 1.807) is 11.3 Å². The van der Waals surface area contributed by atoms with Crippen LogP contribution >= 0.6 is 11.3 Å². The Kier molecular flexibility index (Phi) is 4.45. The minimum Gasteiger partial charge on any atom is -0.353 e. The van der Waals surface area contributed by atoms with Gasteiger partial charge in [-0.2, -0.15) is 0 Å². The van der Waals surface area contributed by atoms with Gasteiger partial charge in [-0.05, 0) is 68.2 Å². The highest BCUT2D eigenvalue weighted by Crippen LogP contribution is 2.49. The molecule has 2 bridgehead atoms. The van der Waals surface area contributed by atoms with E-state index in [0.29, 0.717) is 12.5 Å². The molecular weight excluding hydrogens is 266 g/mol. The zero-order chi connectivity index (χ0) is 13.9. The van der Waals surface area contributed by atoms with E-state index in [4.69, 9.17) is 0 Å². The van der Waals surface area contributed by atoms with Gasteiger partial charge < -0.3 is 5.32 Å². The molecule has 0 unspecified atom stereocenters. The van der Waals surface area contributed by atoms with Crippen LogP contribution in [0.15, 0.2) is 17.5 Å². The van der Waals surface area contributed by atoms with Crippen LogP contribution in [0.25, 0.3) is 0 Å². The molecule has 110 valence electrons. The van der Waals surface area contributed by atoms with Gasteiger partial charge in [0.2, 0.25) is 5.91 Å². The van der Waals surface area contributed by atoms with Crippen molar-refractivity contribution in [1.29, 1.82) is 0 Å². The molecule has 1 aromatic rings. The van der Waals surface area contributed by atoms with Crippen molar-refractivity contribution in [2.45, 2.75) is 57.9 Å². The highest BCUT2D eigenvalue weighted by Gasteiger charge is 2.41. The summed E-state index contributed by atoms with van der Waals surface area (Å²) in [5, 5.41) is 5.36. The van der Waals surface area contributed by atoms with Crippen molar-refractivity contribution in [3.05, 3.63) is 22.4 Å². The number of carbonyl (C=O) groups excluding carboxylic acids is 1. The third kappa shape index (κ3) is 3.25. The smallest absolute Gasteiger partial charge is 0.220 e. The number of thiophene rings is 1. The molecule has 20 heavy (non-hydrogen) atoms. The van der Waals surface area contributed by atoms with Crippen molar-refractivity contribution in [2.24, 2.45) is 17.8 Å². The van der Waals surface area contributed by atoms with E-state index in [1.165, 1.54) is 30.6 Å². The molecule has 0 spiro atoms. The Morgan fingerprint density at radius 3 is 3.00 bits per heavy atom. The lowest BCUT2D eigenvalue weighted by molar-refractivity contribution is -0.122. The van der Waals surface area contributed by atoms with Crippen LogP contribution in [-0.2, 0) is 11.2 Å². The molecule has 0 aliphatic heterocycles. The summed E-state index contributed by atoms with van der Waals surface area (Å²) in [7, 11) is 0. The van der Waals surface area contributed by atoms with E-state index in [2.05, 4.69) is 29.8 Å². The molecule has 3 heteroatoms. The molecule has 2 aliphatic rings. The first-order valence-electron chi connectivity index (χ1n) is 8.04. The van der Waals surface area contributed by atoms with Crippen molar-refractivity contribution < 1.29 is 4.79 Å². The topological polar surface area (TPSA) is 29.1 Å². The van der Waals surface area contributed by atoms with Gasteiger partial charge in [-0.15, -0.1) is 11.3 Å². The van der Waals surface area contributed by atoms with E-state index in [-0.39, 0.29) is 5.91 Å². The van der Waals surface area contributed by atoms with Crippen LogP contribution in [0.4, 0.5) is 0 Å². The Hall–Kier alpha value is -0.830. The molecule has 2 fully saturated rings. The Bertz CT molecular complexity index is 442. The van der Waals surface area contributed by atoms with E-state index in [0.717, 1.165) is 30.6 Å². The van der Waals surface area contributed by atoms with Gasteiger partial charge in [-0.3, -0.25) is 4.79 Å². The number of fused-ring (bicyclic) bond motifs is 2. The minimum absolute atomic E-state index is 0.247. The Morgan fingerprint density at radius 1 is 1.45 bits per heavy atom. The Morgan fingerprint density at radius 2 is 2.35 bits per heavy atom. The first kappa shape index (κ1) is 14.1. The third-order valence-corrected chi connectivity index (χ3v) is 6.17. The van der Waals surface area contributed by atoms with Crippen molar-refractivity contribution in [2.75, 3.05) is 0 Å². The van der Waals surface area contributed by atoms with Crippen LogP contribution in [0.5, 0.6) is 0 Å². The molecule has 2 nitrogen and oxygen atoms in total. The summed E-state index contributed by atoms with van der Waals surface area (Å²) in [5.41, 5.74) is 0. The molecule has 1 aromatic heterocycles. The lowest BCUT2D eigenvalue weighted by Gasteiger charge is -2.28. The molecule has 4 atom stereocenters. The van der Waals surface area contributed by atoms with Crippen molar-refractivity contribution in [3.63, 3.8) is 0 Å². The highest BCUT2D eigenvalue weighted by atomic mass is 32.1. The van der Waals surface area contributed by atoms with Gasteiger partial charge in [-0.1, -0.05) is 12.5 Å². The Balaban J connectivity index is 1.38. The summed E-state index contributed by atoms with van der Waals surface area (Å²) >= 11 is 1.79. The summed E-state index contributed by atoms with van der Waals surface area (Å²) in [4.78, 5) is 13.4. The maximum Gasteiger partial charge on any atom is 0.220 e. The largest absolute Gasteiger partial charge is 0.353 e. The molecule has 0 radical (unpaired) electrons. The fourth-order valence-electron chi connectivity index (χ4n) is 4.22. The molecule has 1 amide bonds. The number of nitrogens with one attached hydrogen (secondary N) is 1. The minimum atomic E-state index is 0.247. The number of aryl methyl sites for hydroxylation is 1. The number of amides is 1. The first-order chi connectivity index (χ1) is 9.72. The number of rotatable bonds is 6. The molecule has 0 aromatic carbocycles. The van der Waals surface area contributed by atoms with Crippen LogP contribution < -0.4 is 5.32 Å². The standard InChI is InChI=1S/C17H25NOS/c1-12(16-11-13-7-8-14(16)10-13)18-17(19)6-2-4-15-5-3-9-20-15/h3,5,9,12-14,16H,2,4,6-8,10-11H2,1H3,(H,18,19)/t12-,13-,14-,16+/m0/s1. The summed E-state index contributed by atoms with van der Waals surface area (Å²) in [6, 6.07) is 4.61. The van der Waals surface area contributed by atoms with Crippen LogP contribution in [-0.4, -0.2) is 11.9 Å². The molecule has 1 N–H and O–H groups in total. The number of hydrogen-bond donors (Lipinski definition) is 1. The number of hydrogen-bond acceptors (Lipinski definition) is 2. The van der Waals surface area contributed by atoms with Gasteiger partial charge in [0.05, 0.1) is 0 Å². The molecule has 0 saturated heterocycles. The Labute approximate surface area is 126 Å². The molecule has 2 saturated carbocycles. The van der Waals surface area contributed by atoms with E-state index < -0.39 is 0 Å². The summed E-state index contributed by atoms with van der Waals surface area (Å²) in [6.45, 7) is 2.21. The van der Waals surface area contributed by atoms with Gasteiger partial charge in [0.15, 0.2) is 0 Å². The van der Waals surface area contributed by atoms with Crippen LogP contribution in [0, 0.1) is 17.8 Å². The molecule has 1 heterocycles.